The number of phenolic OH excluding ortho intramolecular Hbond substituents is 1. The molecule has 1 unspecified atom stereocenters. The Balaban J connectivity index is 1.72. The molecule has 2 heterocycles. The Kier molecular flexibility index (Phi) is 8.04. The van der Waals surface area contributed by atoms with Crippen LogP contribution in [0, 0.1) is 17.0 Å². The van der Waals surface area contributed by atoms with E-state index in [0.29, 0.717) is 25.1 Å². The number of rotatable bonds is 9. The van der Waals surface area contributed by atoms with Crippen molar-refractivity contribution in [3.8, 4) is 28.9 Å². The molecule has 1 aliphatic rings. The number of esters is 1. The molecule has 0 spiro atoms. The third-order valence-electron chi connectivity index (χ3n) is 5.58. The molecule has 3 aromatic rings. The fraction of sp³-hybridized carbons (Fsp3) is 0.200. The predicted octanol–water partition coefficient (Wildman–Crippen LogP) is 2.91. The Morgan fingerprint density at radius 2 is 1.97 bits per heavy atom. The Labute approximate surface area is 223 Å². The molecule has 0 bridgehead atoms. The van der Waals surface area contributed by atoms with Crippen LogP contribution in [0.4, 0.5) is 8.78 Å². The predicted molar refractivity (Wildman–Crippen MR) is 137 cm³/mol. The van der Waals surface area contributed by atoms with Crippen molar-refractivity contribution in [1.82, 2.24) is 9.88 Å². The van der Waals surface area contributed by atoms with E-state index in [0.717, 1.165) is 0 Å². The van der Waals surface area contributed by atoms with Crippen molar-refractivity contribution in [2.75, 3.05) is 33.0 Å². The van der Waals surface area contributed by atoms with E-state index in [1.807, 2.05) is 0 Å². The van der Waals surface area contributed by atoms with E-state index >= 15 is 4.39 Å². The number of nitrogens with two attached hydrogens (primary N) is 1. The molecule has 2 aromatic carbocycles. The average molecular weight is 560 g/mol. The number of phenols is 1. The van der Waals surface area contributed by atoms with Gasteiger partial charge in [0.25, 0.3) is 5.88 Å². The lowest BCUT2D eigenvalue weighted by atomic mass is 10.1. The maximum absolute atomic E-state index is 15.4. The molecule has 0 aliphatic carbocycles. The van der Waals surface area contributed by atoms with Crippen molar-refractivity contribution in [2.24, 2.45) is 10.7 Å². The number of nitrogens with zero attached hydrogens (tertiary/aromatic N) is 3. The van der Waals surface area contributed by atoms with Gasteiger partial charge in [-0.2, -0.15) is 4.39 Å². The van der Waals surface area contributed by atoms with E-state index in [1.54, 1.807) is 11.9 Å². The van der Waals surface area contributed by atoms with Crippen LogP contribution in [-0.2, 0) is 20.3 Å². The summed E-state index contributed by atoms with van der Waals surface area (Å²) in [5.41, 5.74) is 5.93. The summed E-state index contributed by atoms with van der Waals surface area (Å²) in [5.74, 6) is -5.65. The van der Waals surface area contributed by atoms with Gasteiger partial charge in [-0.25, -0.2) is 9.37 Å². The van der Waals surface area contributed by atoms with Gasteiger partial charge >= 0.3 is 5.97 Å². The molecule has 0 amide bonds. The second kappa shape index (κ2) is 11.4. The molecule has 0 radical (unpaired) electrons. The summed E-state index contributed by atoms with van der Waals surface area (Å²) in [5, 5.41) is 17.6. The minimum Gasteiger partial charge on any atom is -0.504 e. The van der Waals surface area contributed by atoms with Crippen molar-refractivity contribution in [1.29, 1.82) is 5.41 Å². The summed E-state index contributed by atoms with van der Waals surface area (Å²) < 4.78 is 58.5. The maximum Gasteiger partial charge on any atom is 0.318 e. The third-order valence-corrected chi connectivity index (χ3v) is 6.86. The molecule has 11 nitrogen and oxygen atoms in total. The van der Waals surface area contributed by atoms with Crippen LogP contribution in [0.15, 0.2) is 52.5 Å². The highest BCUT2D eigenvalue weighted by Crippen LogP contribution is 2.38. The number of aromatic hydroxyl groups is 1. The monoisotopic (exact) mass is 559 g/mol. The highest BCUT2D eigenvalue weighted by molar-refractivity contribution is 7.85. The van der Waals surface area contributed by atoms with Crippen LogP contribution in [0.2, 0.25) is 0 Å². The SMILES string of the molecule is COC(=O)CS(=O)c1ccc(Oc2c(F)cnc(Oc3cc(C(=N)N)ccc3O)c2F)c(C2=NCCN2C)c1. The van der Waals surface area contributed by atoms with Crippen LogP contribution in [0.5, 0.6) is 28.9 Å². The molecule has 1 aromatic heterocycles. The third kappa shape index (κ3) is 5.95. The minimum absolute atomic E-state index is 0.0160. The van der Waals surface area contributed by atoms with E-state index in [9.17, 15) is 18.5 Å². The van der Waals surface area contributed by atoms with Gasteiger partial charge in [0.05, 0.1) is 36.2 Å². The molecule has 39 heavy (non-hydrogen) atoms. The van der Waals surface area contributed by atoms with Crippen molar-refractivity contribution < 1.29 is 37.1 Å². The van der Waals surface area contributed by atoms with Gasteiger partial charge in [-0.15, -0.1) is 0 Å². The lowest BCUT2D eigenvalue weighted by Crippen LogP contribution is -2.24. The van der Waals surface area contributed by atoms with Crippen molar-refractivity contribution >= 4 is 28.4 Å². The summed E-state index contributed by atoms with van der Waals surface area (Å²) in [6, 6.07) is 7.97. The fourth-order valence-electron chi connectivity index (χ4n) is 3.56. The van der Waals surface area contributed by atoms with Crippen LogP contribution < -0.4 is 15.2 Å². The van der Waals surface area contributed by atoms with Gasteiger partial charge in [0, 0.05) is 24.1 Å². The smallest absolute Gasteiger partial charge is 0.318 e. The standard InChI is InChI=1S/C25H23F2N5O6S/c1-32-8-7-30-24(32)15-10-14(39(35)12-20(34)36-2)4-6-18(15)37-22-16(26)11-31-25(21(22)27)38-19-9-13(23(28)29)3-5-17(19)33/h3-6,9-11,33H,7-8,12H2,1-2H3,(H3,28,29). The Bertz CT molecular complexity index is 1520. The fourth-order valence-corrected chi connectivity index (χ4v) is 4.53. The number of aliphatic imine (C=N–C) groups is 1. The number of hydrogen-bond donors (Lipinski definition) is 3. The topological polar surface area (TPSA) is 160 Å². The summed E-state index contributed by atoms with van der Waals surface area (Å²) in [7, 11) is 1.18. The number of amidine groups is 2. The van der Waals surface area contributed by atoms with Gasteiger partial charge in [-0.05, 0) is 36.4 Å². The highest BCUT2D eigenvalue weighted by Gasteiger charge is 2.25. The number of nitrogens with one attached hydrogen (secondary N) is 1. The Morgan fingerprint density at radius 1 is 1.21 bits per heavy atom. The zero-order chi connectivity index (χ0) is 28.3. The normalized spacial score (nSPS) is 13.5. The lowest BCUT2D eigenvalue weighted by molar-refractivity contribution is -0.137. The first-order valence-corrected chi connectivity index (χ1v) is 12.6. The highest BCUT2D eigenvalue weighted by atomic mass is 32.2. The van der Waals surface area contributed by atoms with Crippen LogP contribution in [0.1, 0.15) is 11.1 Å². The molecule has 0 fully saturated rings. The van der Waals surface area contributed by atoms with Crippen LogP contribution in [-0.4, -0.2) is 69.8 Å². The van der Waals surface area contributed by atoms with E-state index < -0.39 is 45.8 Å². The number of benzene rings is 2. The number of aromatic nitrogens is 1. The van der Waals surface area contributed by atoms with Gasteiger partial charge in [-0.3, -0.25) is 19.4 Å². The summed E-state index contributed by atoms with van der Waals surface area (Å²) in [6.45, 7) is 1.03. The molecule has 1 aliphatic heterocycles. The van der Waals surface area contributed by atoms with Gasteiger partial charge < -0.3 is 30.0 Å². The molecular weight excluding hydrogens is 536 g/mol. The van der Waals surface area contributed by atoms with E-state index in [4.69, 9.17) is 20.6 Å². The van der Waals surface area contributed by atoms with Crippen molar-refractivity contribution in [2.45, 2.75) is 4.90 Å². The minimum atomic E-state index is -1.76. The number of hydrogen-bond acceptors (Lipinski definition) is 10. The second-order valence-corrected chi connectivity index (χ2v) is 9.66. The lowest BCUT2D eigenvalue weighted by Gasteiger charge is -2.19. The zero-order valence-electron chi connectivity index (χ0n) is 20.7. The summed E-state index contributed by atoms with van der Waals surface area (Å²) in [4.78, 5) is 21.7. The molecule has 1 atom stereocenters. The molecule has 14 heteroatoms. The van der Waals surface area contributed by atoms with E-state index in [-0.39, 0.29) is 39.1 Å². The number of halogens is 2. The summed E-state index contributed by atoms with van der Waals surface area (Å²) in [6.07, 6.45) is 0.679. The first-order valence-electron chi connectivity index (χ1n) is 11.3. The Hall–Kier alpha value is -4.59. The van der Waals surface area contributed by atoms with E-state index in [2.05, 4.69) is 14.7 Å². The number of ether oxygens (including phenoxy) is 3. The number of pyridine rings is 1. The van der Waals surface area contributed by atoms with Gasteiger partial charge in [0.15, 0.2) is 17.3 Å². The molecule has 0 saturated carbocycles. The molecular formula is C25H23F2N5O6S. The van der Waals surface area contributed by atoms with Crippen LogP contribution in [0.3, 0.4) is 0 Å². The first kappa shape index (κ1) is 27.4. The van der Waals surface area contributed by atoms with Crippen molar-refractivity contribution in [3.05, 3.63) is 65.4 Å². The number of likely N-dealkylation sites (N-methyl/N-ethyl adjacent to an activating group) is 1. The van der Waals surface area contributed by atoms with Crippen LogP contribution >= 0.6 is 0 Å². The first-order chi connectivity index (χ1) is 18.6. The number of carbonyl (C=O) groups excluding carboxylic acids is 1. The second-order valence-electron chi connectivity index (χ2n) is 8.21. The van der Waals surface area contributed by atoms with Crippen LogP contribution in [0.25, 0.3) is 0 Å². The zero-order valence-corrected chi connectivity index (χ0v) is 21.6. The summed E-state index contributed by atoms with van der Waals surface area (Å²) >= 11 is 0. The molecule has 4 N–H and O–H groups in total. The quantitative estimate of drug-likeness (QED) is 0.203. The van der Waals surface area contributed by atoms with Gasteiger partial charge in [0.2, 0.25) is 11.6 Å². The molecule has 4 rings (SSSR count). The Morgan fingerprint density at radius 3 is 2.64 bits per heavy atom. The number of methoxy groups -OCH3 is 1. The average Bonchev–Trinajstić information content (AvgIpc) is 3.34. The number of nitrogen functional groups attached to an aromatic ring is 1. The van der Waals surface area contributed by atoms with Gasteiger partial charge in [-0.1, -0.05) is 0 Å². The van der Waals surface area contributed by atoms with E-state index in [1.165, 1.54) is 43.5 Å². The van der Waals surface area contributed by atoms with Crippen molar-refractivity contribution in [3.63, 3.8) is 0 Å². The number of carbonyl (C=O) groups is 1. The largest absolute Gasteiger partial charge is 0.504 e. The maximum atomic E-state index is 15.4. The molecule has 0 saturated heterocycles. The molecule has 204 valence electrons. The van der Waals surface area contributed by atoms with Gasteiger partial charge in [0.1, 0.15) is 23.2 Å².